The predicted octanol–water partition coefficient (Wildman–Crippen LogP) is 5.01. The lowest BCUT2D eigenvalue weighted by Crippen LogP contribution is -1.99. The lowest BCUT2D eigenvalue weighted by Gasteiger charge is -2.10. The molecule has 4 rings (SSSR count). The number of hydrogen-bond donors (Lipinski definition) is 0. The van der Waals surface area contributed by atoms with Crippen LogP contribution < -0.4 is 0 Å². The molecule has 0 fully saturated rings. The van der Waals surface area contributed by atoms with E-state index in [1.165, 1.54) is 21.2 Å². The van der Waals surface area contributed by atoms with Gasteiger partial charge in [-0.2, -0.15) is 0 Å². The molecular weight excluding hydrogens is 478 g/mol. The van der Waals surface area contributed by atoms with Crippen LogP contribution in [0, 0.1) is 24.0 Å². The van der Waals surface area contributed by atoms with Gasteiger partial charge in [0.05, 0.1) is 5.69 Å². The topological polar surface area (TPSA) is 112 Å². The van der Waals surface area contributed by atoms with Crippen molar-refractivity contribution >= 4 is 46.8 Å². The average molecular weight is 500 g/mol. The summed E-state index contributed by atoms with van der Waals surface area (Å²) in [5.74, 6) is 2.43. The number of fused-ring (bicyclic) bond motifs is 1. The third-order valence-corrected chi connectivity index (χ3v) is 7.80. The van der Waals surface area contributed by atoms with Gasteiger partial charge in [0.15, 0.2) is 5.16 Å². The third-order valence-electron chi connectivity index (χ3n) is 4.67. The summed E-state index contributed by atoms with van der Waals surface area (Å²) < 4.78 is 1.28. The van der Waals surface area contributed by atoms with Gasteiger partial charge in [-0.05, 0) is 54.7 Å². The highest BCUT2D eigenvalue weighted by atomic mass is 32.2. The first kappa shape index (κ1) is 23.5. The van der Waals surface area contributed by atoms with Crippen molar-refractivity contribution in [3.63, 3.8) is 0 Å². The number of pyridine rings is 1. The Bertz CT molecular complexity index is 1280. The fraction of sp³-hybridized carbons (Fsp3) is 0.286. The van der Waals surface area contributed by atoms with Crippen LogP contribution in [0.3, 0.4) is 0 Å². The van der Waals surface area contributed by atoms with Crippen molar-refractivity contribution < 1.29 is 4.92 Å². The normalized spacial score (nSPS) is 11.2. The molecule has 0 aromatic carbocycles. The maximum Gasteiger partial charge on any atom is 0.368 e. The molecule has 0 aliphatic heterocycles. The molecule has 0 unspecified atom stereocenters. The highest BCUT2D eigenvalue weighted by Crippen LogP contribution is 2.28. The van der Waals surface area contributed by atoms with Crippen LogP contribution in [0.2, 0.25) is 0 Å². The van der Waals surface area contributed by atoms with Gasteiger partial charge < -0.3 is 10.1 Å². The monoisotopic (exact) mass is 499 g/mol. The smallest absolute Gasteiger partial charge is 0.358 e. The quantitative estimate of drug-likeness (QED) is 0.0970. The molecule has 4 heterocycles. The number of hydrogen-bond acceptors (Lipinski definition) is 10. The summed E-state index contributed by atoms with van der Waals surface area (Å²) in [6.07, 6.45) is 5.84. The Balaban J connectivity index is 1.27. The standard InChI is InChI=1S/C21H21N7O2S3/c1-14-6-8-23-21(25-14)33-13-16-15(2)17(7-9-22-16)31-10-3-11-32-19-5-4-18-24-12-20(28(29)30)27(18)26-19/h4-9,12H,3,10-11,13H2,1-2H3. The van der Waals surface area contributed by atoms with Crippen molar-refractivity contribution in [3.05, 3.63) is 69.9 Å². The van der Waals surface area contributed by atoms with Gasteiger partial charge in [0.25, 0.3) is 0 Å². The molecule has 0 amide bonds. The maximum atomic E-state index is 11.1. The van der Waals surface area contributed by atoms with Crippen LogP contribution in [0.5, 0.6) is 0 Å². The third kappa shape index (κ3) is 6.01. The maximum absolute atomic E-state index is 11.1. The van der Waals surface area contributed by atoms with Gasteiger partial charge in [-0.1, -0.05) is 21.4 Å². The summed E-state index contributed by atoms with van der Waals surface area (Å²) in [7, 11) is 0. The van der Waals surface area contributed by atoms with Crippen molar-refractivity contribution in [3.8, 4) is 0 Å². The number of nitrogens with zero attached hydrogens (tertiary/aromatic N) is 7. The van der Waals surface area contributed by atoms with Crippen LogP contribution in [0.25, 0.3) is 5.65 Å². The van der Waals surface area contributed by atoms with E-state index in [0.29, 0.717) is 5.65 Å². The van der Waals surface area contributed by atoms with E-state index in [1.807, 2.05) is 37.0 Å². The first-order valence-electron chi connectivity index (χ1n) is 10.1. The van der Waals surface area contributed by atoms with Gasteiger partial charge in [-0.25, -0.2) is 15.0 Å². The van der Waals surface area contributed by atoms with Crippen LogP contribution >= 0.6 is 35.3 Å². The van der Waals surface area contributed by atoms with Gasteiger partial charge in [0.2, 0.25) is 5.65 Å². The van der Waals surface area contributed by atoms with E-state index in [0.717, 1.165) is 45.2 Å². The van der Waals surface area contributed by atoms with Gasteiger partial charge in [-0.15, -0.1) is 23.5 Å². The van der Waals surface area contributed by atoms with Gasteiger partial charge in [-0.3, -0.25) is 4.98 Å². The van der Waals surface area contributed by atoms with E-state index < -0.39 is 4.92 Å². The SMILES string of the molecule is Cc1ccnc(SCc2nccc(SCCCSc3ccc4ncc([N+](=O)[O-])n4n3)c2C)n1. The number of nitro groups is 1. The van der Waals surface area contributed by atoms with Crippen molar-refractivity contribution in [1.82, 2.24) is 29.5 Å². The Hall–Kier alpha value is -2.70. The summed E-state index contributed by atoms with van der Waals surface area (Å²) in [5, 5.41) is 16.9. The average Bonchev–Trinajstić information content (AvgIpc) is 3.23. The minimum absolute atomic E-state index is 0.126. The molecule has 33 heavy (non-hydrogen) atoms. The fourth-order valence-corrected chi connectivity index (χ4v) is 5.84. The lowest BCUT2D eigenvalue weighted by molar-refractivity contribution is -0.391. The van der Waals surface area contributed by atoms with Crippen LogP contribution in [0.4, 0.5) is 5.82 Å². The molecule has 0 spiro atoms. The molecular formula is C21H21N7O2S3. The van der Waals surface area contributed by atoms with E-state index in [2.05, 4.69) is 38.0 Å². The molecule has 0 atom stereocenters. The Kier molecular flexibility index (Phi) is 7.78. The molecule has 170 valence electrons. The van der Waals surface area contributed by atoms with Crippen LogP contribution in [-0.2, 0) is 5.75 Å². The molecule has 0 bridgehead atoms. The predicted molar refractivity (Wildman–Crippen MR) is 131 cm³/mol. The second-order valence-electron chi connectivity index (χ2n) is 7.02. The zero-order valence-electron chi connectivity index (χ0n) is 18.0. The molecule has 0 aliphatic rings. The Morgan fingerprint density at radius 3 is 2.64 bits per heavy atom. The summed E-state index contributed by atoms with van der Waals surface area (Å²) >= 11 is 4.99. The second kappa shape index (κ2) is 10.9. The summed E-state index contributed by atoms with van der Waals surface area (Å²) in [6, 6.07) is 7.54. The summed E-state index contributed by atoms with van der Waals surface area (Å²) in [6.45, 7) is 4.06. The first-order valence-corrected chi connectivity index (χ1v) is 13.1. The zero-order valence-corrected chi connectivity index (χ0v) is 20.5. The molecule has 0 radical (unpaired) electrons. The molecule has 12 heteroatoms. The number of rotatable bonds is 10. The Morgan fingerprint density at radius 2 is 1.82 bits per heavy atom. The minimum Gasteiger partial charge on any atom is -0.358 e. The highest BCUT2D eigenvalue weighted by Gasteiger charge is 2.16. The van der Waals surface area contributed by atoms with Crippen molar-refractivity contribution in [2.75, 3.05) is 11.5 Å². The second-order valence-corrected chi connectivity index (χ2v) is 10.2. The van der Waals surface area contributed by atoms with Gasteiger partial charge in [0.1, 0.15) is 11.2 Å². The van der Waals surface area contributed by atoms with E-state index in [4.69, 9.17) is 0 Å². The molecule has 9 nitrogen and oxygen atoms in total. The highest BCUT2D eigenvalue weighted by molar-refractivity contribution is 8.00. The molecule has 0 saturated heterocycles. The number of imidazole rings is 1. The Morgan fingerprint density at radius 1 is 1.00 bits per heavy atom. The van der Waals surface area contributed by atoms with E-state index in [1.54, 1.807) is 35.8 Å². The van der Waals surface area contributed by atoms with Crippen LogP contribution in [0.15, 0.2) is 57.9 Å². The van der Waals surface area contributed by atoms with Crippen molar-refractivity contribution in [2.45, 2.75) is 41.1 Å². The molecule has 4 aromatic heterocycles. The molecule has 0 aliphatic carbocycles. The molecule has 0 N–H and O–H groups in total. The van der Waals surface area contributed by atoms with Crippen molar-refractivity contribution in [1.29, 1.82) is 0 Å². The Labute approximate surface area is 203 Å². The summed E-state index contributed by atoms with van der Waals surface area (Å²) in [4.78, 5) is 29.1. The van der Waals surface area contributed by atoms with E-state index >= 15 is 0 Å². The first-order chi connectivity index (χ1) is 16.0. The number of aromatic nitrogens is 6. The van der Waals surface area contributed by atoms with E-state index in [-0.39, 0.29) is 5.82 Å². The number of thioether (sulfide) groups is 3. The minimum atomic E-state index is -0.476. The fourth-order valence-electron chi connectivity index (χ4n) is 2.95. The largest absolute Gasteiger partial charge is 0.368 e. The van der Waals surface area contributed by atoms with E-state index in [9.17, 15) is 10.1 Å². The van der Waals surface area contributed by atoms with Crippen LogP contribution in [0.1, 0.15) is 23.4 Å². The molecule has 4 aromatic rings. The lowest BCUT2D eigenvalue weighted by atomic mass is 10.2. The van der Waals surface area contributed by atoms with Crippen molar-refractivity contribution in [2.24, 2.45) is 0 Å². The van der Waals surface area contributed by atoms with Gasteiger partial charge in [0, 0.05) is 40.6 Å². The number of aryl methyl sites for hydroxylation is 1. The van der Waals surface area contributed by atoms with Crippen LogP contribution in [-0.4, -0.2) is 46.0 Å². The van der Waals surface area contributed by atoms with Gasteiger partial charge >= 0.3 is 5.82 Å². The molecule has 0 saturated carbocycles. The summed E-state index contributed by atoms with van der Waals surface area (Å²) in [5.41, 5.74) is 3.66. The zero-order chi connectivity index (χ0) is 23.2.